The molecule has 3 aliphatic heterocycles. The van der Waals surface area contributed by atoms with Gasteiger partial charge in [0.25, 0.3) is 6.71 Å². The van der Waals surface area contributed by atoms with Crippen molar-refractivity contribution < 1.29 is 4.74 Å². The van der Waals surface area contributed by atoms with Crippen LogP contribution in [0.2, 0.25) is 0 Å². The van der Waals surface area contributed by atoms with Gasteiger partial charge < -0.3 is 14.5 Å². The van der Waals surface area contributed by atoms with Gasteiger partial charge in [-0.25, -0.2) is 4.85 Å². The summed E-state index contributed by atoms with van der Waals surface area (Å²) in [5.74, 6) is 1.73. The lowest BCUT2D eigenvalue weighted by atomic mass is 9.32. The number of nitrogens with zero attached hydrogens (tertiary/aromatic N) is 4. The molecule has 0 spiro atoms. The molecule has 5 aromatic carbocycles. The molecule has 0 unspecified atom stereocenters. The first-order valence-corrected chi connectivity index (χ1v) is 12.4. The van der Waals surface area contributed by atoms with Crippen molar-refractivity contribution in [3.8, 4) is 17.6 Å². The predicted octanol–water partition coefficient (Wildman–Crippen LogP) is 6.30. The van der Waals surface area contributed by atoms with E-state index in [-0.39, 0.29) is 6.71 Å². The van der Waals surface area contributed by atoms with E-state index in [0.717, 1.165) is 56.5 Å². The molecule has 0 aromatic heterocycles. The maximum absolute atomic E-state index is 9.37. The smallest absolute Gasteiger partial charge is 0.261 e. The van der Waals surface area contributed by atoms with Gasteiger partial charge in [0.15, 0.2) is 5.69 Å². The highest BCUT2D eigenvalue weighted by molar-refractivity contribution is 7.01. The summed E-state index contributed by atoms with van der Waals surface area (Å²) in [6.45, 7) is 7.41. The van der Waals surface area contributed by atoms with Crippen LogP contribution >= 0.6 is 0 Å². The molecular formula is C32H17BN4O. The average molecular weight is 484 g/mol. The van der Waals surface area contributed by atoms with E-state index < -0.39 is 0 Å². The Morgan fingerprint density at radius 1 is 0.632 bits per heavy atom. The topological polar surface area (TPSA) is 43.9 Å². The van der Waals surface area contributed by atoms with Crippen LogP contribution < -0.4 is 30.9 Å². The molecule has 0 aliphatic carbocycles. The second-order valence-corrected chi connectivity index (χ2v) is 9.58. The molecule has 3 aliphatic rings. The molecule has 0 radical (unpaired) electrons. The Morgan fingerprint density at radius 3 is 1.61 bits per heavy atom. The van der Waals surface area contributed by atoms with Crippen molar-refractivity contribution in [2.24, 2.45) is 0 Å². The monoisotopic (exact) mass is 484 g/mol. The Balaban J connectivity index is 1.45. The number of anilines is 6. The summed E-state index contributed by atoms with van der Waals surface area (Å²) < 4.78 is 6.55. The largest absolute Gasteiger partial charge is 0.458 e. The van der Waals surface area contributed by atoms with Gasteiger partial charge in [-0.15, -0.1) is 0 Å². The second kappa shape index (κ2) is 7.52. The minimum absolute atomic E-state index is 0.0285. The molecule has 0 bridgehead atoms. The lowest BCUT2D eigenvalue weighted by molar-refractivity contribution is 0.487. The Kier molecular flexibility index (Phi) is 4.10. The van der Waals surface area contributed by atoms with Crippen LogP contribution in [0.15, 0.2) is 103 Å². The number of rotatable bonds is 2. The Morgan fingerprint density at radius 2 is 1.11 bits per heavy atom. The summed E-state index contributed by atoms with van der Waals surface area (Å²) in [5, 5.41) is 9.37. The molecule has 0 fully saturated rings. The van der Waals surface area contributed by atoms with E-state index in [0.29, 0.717) is 11.3 Å². The first-order valence-electron chi connectivity index (χ1n) is 12.4. The Hall–Kier alpha value is -5.46. The number of benzene rings is 5. The first kappa shape index (κ1) is 20.7. The SMILES string of the molecule is [C-]#[N+]c1ccc(N2c3cccc4c3B3c5c(cccc5N(c5ccc(C#N)cc5)c5cccc2c53)O4)cc1. The molecule has 3 heterocycles. The Labute approximate surface area is 220 Å². The lowest BCUT2D eigenvalue weighted by Crippen LogP contribution is -2.63. The number of nitriles is 1. The van der Waals surface area contributed by atoms with Crippen molar-refractivity contribution in [3.05, 3.63) is 120 Å². The van der Waals surface area contributed by atoms with E-state index in [9.17, 15) is 5.26 Å². The van der Waals surface area contributed by atoms with Crippen LogP contribution in [0.3, 0.4) is 0 Å². The molecule has 0 atom stereocenters. The van der Waals surface area contributed by atoms with Gasteiger partial charge in [-0.05, 0) is 89.2 Å². The zero-order valence-corrected chi connectivity index (χ0v) is 20.1. The van der Waals surface area contributed by atoms with Gasteiger partial charge in [0.2, 0.25) is 0 Å². The van der Waals surface area contributed by atoms with Crippen molar-refractivity contribution in [2.75, 3.05) is 9.80 Å². The van der Waals surface area contributed by atoms with Crippen molar-refractivity contribution in [1.29, 1.82) is 5.26 Å². The zero-order chi connectivity index (χ0) is 25.4. The zero-order valence-electron chi connectivity index (χ0n) is 20.1. The molecule has 0 saturated heterocycles. The van der Waals surface area contributed by atoms with Gasteiger partial charge >= 0.3 is 0 Å². The van der Waals surface area contributed by atoms with Crippen molar-refractivity contribution in [3.63, 3.8) is 0 Å². The molecule has 8 rings (SSSR count). The van der Waals surface area contributed by atoms with Crippen LogP contribution in [0.1, 0.15) is 5.56 Å². The van der Waals surface area contributed by atoms with Crippen LogP contribution in [0.25, 0.3) is 4.85 Å². The van der Waals surface area contributed by atoms with E-state index >= 15 is 0 Å². The summed E-state index contributed by atoms with van der Waals surface area (Å²) in [7, 11) is 0. The van der Waals surface area contributed by atoms with Crippen LogP contribution in [0, 0.1) is 17.9 Å². The van der Waals surface area contributed by atoms with Gasteiger partial charge in [-0.1, -0.05) is 30.3 Å². The molecule has 5 nitrogen and oxygen atoms in total. The maximum Gasteiger partial charge on any atom is 0.261 e. The third kappa shape index (κ3) is 2.64. The van der Waals surface area contributed by atoms with Gasteiger partial charge in [0.1, 0.15) is 11.5 Å². The molecule has 0 N–H and O–H groups in total. The quantitative estimate of drug-likeness (QED) is 0.214. The third-order valence-electron chi connectivity index (χ3n) is 7.69. The van der Waals surface area contributed by atoms with E-state index in [2.05, 4.69) is 63.2 Å². The van der Waals surface area contributed by atoms with Crippen molar-refractivity contribution >= 4 is 62.9 Å². The van der Waals surface area contributed by atoms with Crippen LogP contribution in [-0.4, -0.2) is 6.71 Å². The van der Waals surface area contributed by atoms with E-state index in [1.165, 1.54) is 5.46 Å². The summed E-state index contributed by atoms with van der Waals surface area (Å²) >= 11 is 0. The summed E-state index contributed by atoms with van der Waals surface area (Å²) in [4.78, 5) is 8.14. The number of ether oxygens (including phenoxy) is 1. The van der Waals surface area contributed by atoms with E-state index in [4.69, 9.17) is 11.3 Å². The molecule has 174 valence electrons. The molecule has 6 heteroatoms. The predicted molar refractivity (Wildman–Crippen MR) is 152 cm³/mol. The van der Waals surface area contributed by atoms with Gasteiger partial charge in [0, 0.05) is 34.1 Å². The standard InChI is InChI=1S/C32H17BN4O/c1-35-21-13-17-23(18-14-21)37-25-6-2-5-24-30(25)33-31-26(36(24)22-15-11-20(19-34)12-16-22)7-3-9-28(31)38-29-10-4-8-27(37)32(29)33/h2-18H. The summed E-state index contributed by atoms with van der Waals surface area (Å²) in [6, 6.07) is 36.7. The van der Waals surface area contributed by atoms with Gasteiger partial charge in [0.05, 0.1) is 18.2 Å². The molecule has 38 heavy (non-hydrogen) atoms. The fourth-order valence-corrected chi connectivity index (χ4v) is 6.17. The fraction of sp³-hybridized carbons (Fsp3) is 0. The fourth-order valence-electron chi connectivity index (χ4n) is 6.17. The van der Waals surface area contributed by atoms with Crippen LogP contribution in [0.4, 0.5) is 39.8 Å². The minimum Gasteiger partial charge on any atom is -0.458 e. The highest BCUT2D eigenvalue weighted by Gasteiger charge is 2.48. The van der Waals surface area contributed by atoms with Crippen LogP contribution in [-0.2, 0) is 0 Å². The van der Waals surface area contributed by atoms with E-state index in [1.807, 2.05) is 60.7 Å². The van der Waals surface area contributed by atoms with E-state index in [1.54, 1.807) is 0 Å². The number of hydrogen-bond acceptors (Lipinski definition) is 4. The van der Waals surface area contributed by atoms with Crippen molar-refractivity contribution in [1.82, 2.24) is 0 Å². The van der Waals surface area contributed by atoms with Crippen LogP contribution in [0.5, 0.6) is 11.5 Å². The summed E-state index contributed by atoms with van der Waals surface area (Å²) in [6.07, 6.45) is 0. The molecule has 0 amide bonds. The first-order chi connectivity index (χ1) is 18.8. The Bertz CT molecular complexity index is 1750. The molecular weight excluding hydrogens is 467 g/mol. The third-order valence-corrected chi connectivity index (χ3v) is 7.69. The molecule has 0 saturated carbocycles. The van der Waals surface area contributed by atoms with Gasteiger partial charge in [-0.2, -0.15) is 5.26 Å². The molecule has 5 aromatic rings. The second-order valence-electron chi connectivity index (χ2n) is 9.58. The normalized spacial score (nSPS) is 13.3. The minimum atomic E-state index is 0.0285. The van der Waals surface area contributed by atoms with Crippen molar-refractivity contribution in [2.45, 2.75) is 0 Å². The van der Waals surface area contributed by atoms with Gasteiger partial charge in [-0.3, -0.25) is 0 Å². The number of hydrogen-bond donors (Lipinski definition) is 0. The average Bonchev–Trinajstić information content (AvgIpc) is 2.98. The summed E-state index contributed by atoms with van der Waals surface area (Å²) in [5.41, 5.74) is 11.1. The maximum atomic E-state index is 9.37. The lowest BCUT2D eigenvalue weighted by Gasteiger charge is -2.46. The highest BCUT2D eigenvalue weighted by atomic mass is 16.5. The highest BCUT2D eigenvalue weighted by Crippen LogP contribution is 2.47.